The fraction of sp³-hybridized carbons (Fsp3) is 0. The van der Waals surface area contributed by atoms with Gasteiger partial charge in [-0.25, -0.2) is 15.0 Å². The van der Waals surface area contributed by atoms with Crippen molar-refractivity contribution in [3.8, 4) is 11.4 Å². The predicted octanol–water partition coefficient (Wildman–Crippen LogP) is 1.79. The monoisotopic (exact) mass is 352 g/mol. The number of anilines is 2. The molecule has 3 aromatic rings. The lowest BCUT2D eigenvalue weighted by Crippen LogP contribution is -1.91. The third-order valence-electron chi connectivity index (χ3n) is 2.51. The van der Waals surface area contributed by atoms with Crippen LogP contribution in [0, 0.1) is 3.57 Å². The van der Waals surface area contributed by atoms with Crippen LogP contribution in [-0.4, -0.2) is 19.9 Å². The fourth-order valence-corrected chi connectivity index (χ4v) is 2.43. The Labute approximate surface area is 116 Å². The lowest BCUT2D eigenvalue weighted by atomic mass is 10.2. The third-order valence-corrected chi connectivity index (χ3v) is 3.13. The molecule has 0 amide bonds. The summed E-state index contributed by atoms with van der Waals surface area (Å²) in [7, 11) is 0. The molecule has 7 heteroatoms. The Bertz CT molecular complexity index is 715. The van der Waals surface area contributed by atoms with Crippen LogP contribution in [0.4, 0.5) is 11.5 Å². The Morgan fingerprint density at radius 3 is 2.67 bits per heavy atom. The molecule has 18 heavy (non-hydrogen) atoms. The van der Waals surface area contributed by atoms with Gasteiger partial charge in [-0.15, -0.1) is 0 Å². The lowest BCUT2D eigenvalue weighted by Gasteiger charge is -2.00. The Kier molecular flexibility index (Phi) is 2.54. The van der Waals surface area contributed by atoms with Gasteiger partial charge in [-0.2, -0.15) is 0 Å². The van der Waals surface area contributed by atoms with Gasteiger partial charge in [0.15, 0.2) is 11.5 Å². The van der Waals surface area contributed by atoms with Gasteiger partial charge in [0.25, 0.3) is 0 Å². The van der Waals surface area contributed by atoms with Gasteiger partial charge in [0.2, 0.25) is 0 Å². The van der Waals surface area contributed by atoms with E-state index in [4.69, 9.17) is 11.5 Å². The van der Waals surface area contributed by atoms with Crippen LogP contribution in [0.15, 0.2) is 24.5 Å². The van der Waals surface area contributed by atoms with Crippen molar-refractivity contribution >= 4 is 45.3 Å². The standard InChI is InChI=1S/C11H9IN6/c12-6-1-5(2-7(13)3-6)10-17-8-9(14)15-4-16-11(8)18-10/h1-4H,13H2,(H3,14,15,16,17,18). The van der Waals surface area contributed by atoms with Gasteiger partial charge < -0.3 is 16.5 Å². The number of nitrogen functional groups attached to an aromatic ring is 2. The highest BCUT2D eigenvalue weighted by molar-refractivity contribution is 14.1. The highest BCUT2D eigenvalue weighted by Gasteiger charge is 2.09. The number of fused-ring (bicyclic) bond motifs is 1. The minimum absolute atomic E-state index is 0.386. The molecule has 5 N–H and O–H groups in total. The van der Waals surface area contributed by atoms with E-state index < -0.39 is 0 Å². The molecule has 6 nitrogen and oxygen atoms in total. The first-order valence-electron chi connectivity index (χ1n) is 5.16. The average molecular weight is 352 g/mol. The van der Waals surface area contributed by atoms with E-state index in [0.29, 0.717) is 28.5 Å². The van der Waals surface area contributed by atoms with Crippen LogP contribution in [0.25, 0.3) is 22.6 Å². The molecule has 3 rings (SSSR count). The first-order chi connectivity index (χ1) is 8.63. The number of nitrogens with one attached hydrogen (secondary N) is 1. The number of aromatic amines is 1. The van der Waals surface area contributed by atoms with Crippen molar-refractivity contribution in [3.63, 3.8) is 0 Å². The summed E-state index contributed by atoms with van der Waals surface area (Å²) >= 11 is 2.21. The molecule has 0 atom stereocenters. The number of benzene rings is 1. The normalized spacial score (nSPS) is 10.9. The average Bonchev–Trinajstić information content (AvgIpc) is 2.73. The van der Waals surface area contributed by atoms with Gasteiger partial charge >= 0.3 is 0 Å². The molecule has 0 bridgehead atoms. The van der Waals surface area contributed by atoms with E-state index in [2.05, 4.69) is 42.5 Å². The predicted molar refractivity (Wildman–Crippen MR) is 78.7 cm³/mol. The maximum Gasteiger partial charge on any atom is 0.183 e. The topological polar surface area (TPSA) is 106 Å². The zero-order valence-corrected chi connectivity index (χ0v) is 11.3. The number of H-pyrrole nitrogens is 1. The Morgan fingerprint density at radius 1 is 1.11 bits per heavy atom. The van der Waals surface area contributed by atoms with Crippen molar-refractivity contribution in [2.45, 2.75) is 0 Å². The van der Waals surface area contributed by atoms with Crippen LogP contribution >= 0.6 is 22.6 Å². The quantitative estimate of drug-likeness (QED) is 0.457. The summed E-state index contributed by atoms with van der Waals surface area (Å²) in [6, 6.07) is 5.72. The minimum atomic E-state index is 0.386. The van der Waals surface area contributed by atoms with E-state index in [1.807, 2.05) is 18.2 Å². The van der Waals surface area contributed by atoms with Crippen LogP contribution in [0.2, 0.25) is 0 Å². The molecule has 0 aliphatic rings. The summed E-state index contributed by atoms with van der Waals surface area (Å²) < 4.78 is 1.04. The number of nitrogens with zero attached hydrogens (tertiary/aromatic N) is 3. The molecular weight excluding hydrogens is 343 g/mol. The first-order valence-corrected chi connectivity index (χ1v) is 6.24. The molecule has 2 aromatic heterocycles. The van der Waals surface area contributed by atoms with Crippen LogP contribution in [0.3, 0.4) is 0 Å². The van der Waals surface area contributed by atoms with E-state index in [-0.39, 0.29) is 0 Å². The van der Waals surface area contributed by atoms with Gasteiger partial charge in [-0.05, 0) is 40.8 Å². The number of imidazole rings is 1. The van der Waals surface area contributed by atoms with Crippen molar-refractivity contribution < 1.29 is 0 Å². The molecule has 0 saturated heterocycles. The van der Waals surface area contributed by atoms with Gasteiger partial charge in [-0.1, -0.05) is 0 Å². The summed E-state index contributed by atoms with van der Waals surface area (Å²) in [6.45, 7) is 0. The molecule has 0 fully saturated rings. The van der Waals surface area contributed by atoms with Gasteiger partial charge in [0, 0.05) is 14.8 Å². The Morgan fingerprint density at radius 2 is 1.94 bits per heavy atom. The first kappa shape index (κ1) is 11.2. The van der Waals surface area contributed by atoms with Gasteiger partial charge in [-0.3, -0.25) is 0 Å². The van der Waals surface area contributed by atoms with Crippen LogP contribution in [-0.2, 0) is 0 Å². The fourth-order valence-electron chi connectivity index (χ4n) is 1.73. The Hall–Kier alpha value is -1.90. The molecule has 0 unspecified atom stereocenters. The van der Waals surface area contributed by atoms with Crippen molar-refractivity contribution in [3.05, 3.63) is 28.1 Å². The largest absolute Gasteiger partial charge is 0.399 e. The molecule has 0 aliphatic carbocycles. The van der Waals surface area contributed by atoms with Crippen molar-refractivity contribution in [1.82, 2.24) is 19.9 Å². The van der Waals surface area contributed by atoms with Gasteiger partial charge in [0.05, 0.1) is 0 Å². The maximum absolute atomic E-state index is 5.82. The molecule has 90 valence electrons. The highest BCUT2D eigenvalue weighted by atomic mass is 127. The number of halogens is 1. The Balaban J connectivity index is 2.22. The summed E-state index contributed by atoms with van der Waals surface area (Å²) in [5.74, 6) is 1.07. The summed E-state index contributed by atoms with van der Waals surface area (Å²) in [5.41, 5.74) is 14.4. The number of hydrogen-bond donors (Lipinski definition) is 3. The van der Waals surface area contributed by atoms with E-state index in [0.717, 1.165) is 9.13 Å². The zero-order chi connectivity index (χ0) is 12.7. The van der Waals surface area contributed by atoms with E-state index in [1.165, 1.54) is 6.33 Å². The van der Waals surface area contributed by atoms with Gasteiger partial charge in [0.1, 0.15) is 17.7 Å². The van der Waals surface area contributed by atoms with E-state index in [9.17, 15) is 0 Å². The number of hydrogen-bond acceptors (Lipinski definition) is 5. The molecule has 0 radical (unpaired) electrons. The summed E-state index contributed by atoms with van der Waals surface area (Å²) in [6.07, 6.45) is 1.39. The second-order valence-corrected chi connectivity index (χ2v) is 5.06. The lowest BCUT2D eigenvalue weighted by molar-refractivity contribution is 1.21. The van der Waals surface area contributed by atoms with Crippen molar-refractivity contribution in [1.29, 1.82) is 0 Å². The second kappa shape index (κ2) is 4.09. The van der Waals surface area contributed by atoms with Crippen molar-refractivity contribution in [2.24, 2.45) is 0 Å². The van der Waals surface area contributed by atoms with E-state index >= 15 is 0 Å². The number of rotatable bonds is 1. The third kappa shape index (κ3) is 1.86. The zero-order valence-electron chi connectivity index (χ0n) is 9.18. The molecule has 0 aliphatic heterocycles. The molecule has 0 saturated carbocycles. The number of nitrogens with two attached hydrogens (primary N) is 2. The molecule has 0 spiro atoms. The molecular formula is C11H9IN6. The summed E-state index contributed by atoms with van der Waals surface area (Å²) in [4.78, 5) is 15.5. The van der Waals surface area contributed by atoms with Crippen LogP contribution in [0.5, 0.6) is 0 Å². The molecule has 2 heterocycles. The summed E-state index contributed by atoms with van der Waals surface area (Å²) in [5, 5.41) is 0. The van der Waals surface area contributed by atoms with Crippen LogP contribution in [0.1, 0.15) is 0 Å². The number of aromatic nitrogens is 4. The minimum Gasteiger partial charge on any atom is -0.399 e. The smallest absolute Gasteiger partial charge is 0.183 e. The second-order valence-electron chi connectivity index (χ2n) is 3.82. The molecule has 1 aromatic carbocycles. The maximum atomic E-state index is 5.82. The van der Waals surface area contributed by atoms with Crippen LogP contribution < -0.4 is 11.5 Å². The van der Waals surface area contributed by atoms with E-state index in [1.54, 1.807) is 0 Å². The SMILES string of the molecule is Nc1cc(I)cc(-c2nc3ncnc(N)c3[nH]2)c1. The van der Waals surface area contributed by atoms with Crippen molar-refractivity contribution in [2.75, 3.05) is 11.5 Å². The highest BCUT2D eigenvalue weighted by Crippen LogP contribution is 2.25.